The Hall–Kier alpha value is -3.01. The predicted octanol–water partition coefficient (Wildman–Crippen LogP) is 2.49. The van der Waals surface area contributed by atoms with Gasteiger partial charge in [0, 0.05) is 12.0 Å². The van der Waals surface area contributed by atoms with E-state index in [1.54, 1.807) is 25.7 Å². The SMILES string of the molecule is COCCOC(=O)C1=C(C)N=c2s/c(=C/c3cccc(OC)c3)c(=O)n2[C@H]1c1cccs1. The molecule has 0 saturated carbocycles. The Morgan fingerprint density at radius 1 is 1.22 bits per heavy atom. The van der Waals surface area contributed by atoms with Crippen LogP contribution in [0.15, 0.2) is 62.8 Å². The first-order valence-corrected chi connectivity index (χ1v) is 11.6. The summed E-state index contributed by atoms with van der Waals surface area (Å²) in [5.74, 6) is 0.212. The molecule has 0 fully saturated rings. The van der Waals surface area contributed by atoms with Crippen LogP contribution < -0.4 is 19.6 Å². The molecule has 32 heavy (non-hydrogen) atoms. The summed E-state index contributed by atoms with van der Waals surface area (Å²) in [6.45, 7) is 2.19. The van der Waals surface area contributed by atoms with Crippen LogP contribution in [0.4, 0.5) is 0 Å². The maximum absolute atomic E-state index is 13.5. The first-order valence-electron chi connectivity index (χ1n) is 9.89. The van der Waals surface area contributed by atoms with E-state index in [0.29, 0.717) is 33.0 Å². The molecule has 1 aliphatic heterocycles. The van der Waals surface area contributed by atoms with Crippen molar-refractivity contribution in [2.75, 3.05) is 27.4 Å². The number of aromatic nitrogens is 1. The van der Waals surface area contributed by atoms with Crippen molar-refractivity contribution >= 4 is 34.7 Å². The molecule has 0 amide bonds. The van der Waals surface area contributed by atoms with E-state index in [9.17, 15) is 9.59 Å². The Labute approximate surface area is 192 Å². The third-order valence-corrected chi connectivity index (χ3v) is 6.87. The minimum absolute atomic E-state index is 0.129. The van der Waals surface area contributed by atoms with Gasteiger partial charge in [0.05, 0.1) is 29.5 Å². The molecule has 1 aromatic carbocycles. The Kier molecular flexibility index (Phi) is 6.69. The topological polar surface area (TPSA) is 79.1 Å². The lowest BCUT2D eigenvalue weighted by Crippen LogP contribution is -2.39. The number of carbonyl (C=O) groups is 1. The largest absolute Gasteiger partial charge is 0.497 e. The lowest BCUT2D eigenvalue weighted by molar-refractivity contribution is -0.140. The first-order chi connectivity index (χ1) is 15.5. The van der Waals surface area contributed by atoms with Crippen LogP contribution >= 0.6 is 22.7 Å². The van der Waals surface area contributed by atoms with Crippen molar-refractivity contribution in [3.8, 4) is 5.75 Å². The first kappa shape index (κ1) is 22.2. The van der Waals surface area contributed by atoms with Gasteiger partial charge < -0.3 is 14.2 Å². The van der Waals surface area contributed by atoms with Crippen molar-refractivity contribution in [2.45, 2.75) is 13.0 Å². The maximum atomic E-state index is 13.5. The van der Waals surface area contributed by atoms with E-state index in [0.717, 1.165) is 10.4 Å². The molecule has 0 radical (unpaired) electrons. The van der Waals surface area contributed by atoms with Crippen molar-refractivity contribution in [3.05, 3.63) is 83.2 Å². The fourth-order valence-corrected chi connectivity index (χ4v) is 5.35. The molecule has 0 N–H and O–H groups in total. The van der Waals surface area contributed by atoms with Gasteiger partial charge >= 0.3 is 5.97 Å². The molecule has 1 aliphatic rings. The lowest BCUT2D eigenvalue weighted by atomic mass is 10.0. The van der Waals surface area contributed by atoms with Crippen LogP contribution in [-0.4, -0.2) is 38.0 Å². The fraction of sp³-hybridized carbons (Fsp3) is 0.261. The molecule has 4 rings (SSSR count). The summed E-state index contributed by atoms with van der Waals surface area (Å²) in [6, 6.07) is 10.7. The highest BCUT2D eigenvalue weighted by molar-refractivity contribution is 7.10. The number of nitrogens with zero attached hydrogens (tertiary/aromatic N) is 2. The molecule has 0 bridgehead atoms. The molecule has 0 saturated heterocycles. The van der Waals surface area contributed by atoms with Crippen LogP contribution in [0.2, 0.25) is 0 Å². The monoisotopic (exact) mass is 470 g/mol. The molecule has 1 atom stereocenters. The summed E-state index contributed by atoms with van der Waals surface area (Å²) in [7, 11) is 3.14. The number of esters is 1. The third kappa shape index (κ3) is 4.32. The highest BCUT2D eigenvalue weighted by Crippen LogP contribution is 2.33. The van der Waals surface area contributed by atoms with Gasteiger partial charge in [0.2, 0.25) is 0 Å². The van der Waals surface area contributed by atoms with Crippen LogP contribution in [0.3, 0.4) is 0 Å². The quantitative estimate of drug-likeness (QED) is 0.392. The second-order valence-electron chi connectivity index (χ2n) is 7.00. The lowest BCUT2D eigenvalue weighted by Gasteiger charge is -2.23. The minimum Gasteiger partial charge on any atom is -0.497 e. The molecular weight excluding hydrogens is 448 g/mol. The zero-order valence-corrected chi connectivity index (χ0v) is 19.5. The van der Waals surface area contributed by atoms with E-state index in [4.69, 9.17) is 14.2 Å². The molecule has 7 nitrogen and oxygen atoms in total. The van der Waals surface area contributed by atoms with E-state index in [2.05, 4.69) is 4.99 Å². The summed E-state index contributed by atoms with van der Waals surface area (Å²) in [5, 5.41) is 1.92. The number of hydrogen-bond donors (Lipinski definition) is 0. The summed E-state index contributed by atoms with van der Waals surface area (Å²) in [6.07, 6.45) is 1.81. The molecule has 166 valence electrons. The summed E-state index contributed by atoms with van der Waals surface area (Å²) in [4.78, 5) is 32.4. The average molecular weight is 471 g/mol. The fourth-order valence-electron chi connectivity index (χ4n) is 3.48. The van der Waals surface area contributed by atoms with Crippen molar-refractivity contribution in [3.63, 3.8) is 0 Å². The standard InChI is InChI=1S/C23H22N2O5S2/c1-14-19(22(27)30-10-9-28-2)20(17-8-5-11-31-17)25-21(26)18(32-23(25)24-14)13-15-6-4-7-16(12-15)29-3/h4-8,11-13,20H,9-10H2,1-3H3/b18-13+/t20-/m0/s1. The van der Waals surface area contributed by atoms with E-state index >= 15 is 0 Å². The highest BCUT2D eigenvalue weighted by Gasteiger charge is 2.34. The second kappa shape index (κ2) is 9.64. The minimum atomic E-state index is -0.589. The molecule has 3 heterocycles. The number of allylic oxidation sites excluding steroid dienone is 1. The van der Waals surface area contributed by atoms with Crippen LogP contribution in [0.5, 0.6) is 5.75 Å². The van der Waals surface area contributed by atoms with Crippen LogP contribution in [-0.2, 0) is 14.3 Å². The molecule has 9 heteroatoms. The molecule has 3 aromatic rings. The maximum Gasteiger partial charge on any atom is 0.338 e. The molecule has 0 aliphatic carbocycles. The van der Waals surface area contributed by atoms with Gasteiger partial charge in [0.25, 0.3) is 5.56 Å². The Morgan fingerprint density at radius 2 is 2.06 bits per heavy atom. The van der Waals surface area contributed by atoms with Gasteiger partial charge in [0.15, 0.2) is 4.80 Å². The molecule has 0 unspecified atom stereocenters. The summed E-state index contributed by atoms with van der Waals surface area (Å²) in [5.41, 5.74) is 1.55. The number of fused-ring (bicyclic) bond motifs is 1. The van der Waals surface area contributed by atoms with E-state index < -0.39 is 12.0 Å². The molecular formula is C23H22N2O5S2. The van der Waals surface area contributed by atoms with Gasteiger partial charge in [-0.05, 0) is 42.1 Å². The van der Waals surface area contributed by atoms with E-state index in [1.165, 1.54) is 22.7 Å². The number of methoxy groups -OCH3 is 2. The van der Waals surface area contributed by atoms with Crippen LogP contribution in [0.1, 0.15) is 23.4 Å². The van der Waals surface area contributed by atoms with Crippen molar-refractivity contribution in [1.82, 2.24) is 4.57 Å². The van der Waals surface area contributed by atoms with Crippen molar-refractivity contribution in [2.24, 2.45) is 4.99 Å². The number of ether oxygens (including phenoxy) is 3. The van der Waals surface area contributed by atoms with Crippen molar-refractivity contribution < 1.29 is 19.0 Å². The Morgan fingerprint density at radius 3 is 2.78 bits per heavy atom. The zero-order chi connectivity index (χ0) is 22.7. The van der Waals surface area contributed by atoms with E-state index in [-0.39, 0.29) is 12.2 Å². The van der Waals surface area contributed by atoms with Gasteiger partial charge in [-0.3, -0.25) is 9.36 Å². The van der Waals surface area contributed by atoms with Gasteiger partial charge in [0.1, 0.15) is 18.4 Å². The zero-order valence-electron chi connectivity index (χ0n) is 17.9. The van der Waals surface area contributed by atoms with Gasteiger partial charge in [-0.25, -0.2) is 9.79 Å². The highest BCUT2D eigenvalue weighted by atomic mass is 32.1. The number of thiophene rings is 1. The Balaban J connectivity index is 1.84. The number of benzene rings is 1. The summed E-state index contributed by atoms with van der Waals surface area (Å²) >= 11 is 2.78. The number of hydrogen-bond acceptors (Lipinski definition) is 8. The predicted molar refractivity (Wildman–Crippen MR) is 124 cm³/mol. The third-order valence-electron chi connectivity index (χ3n) is 4.97. The van der Waals surface area contributed by atoms with Gasteiger partial charge in [-0.2, -0.15) is 0 Å². The normalized spacial score (nSPS) is 16.0. The van der Waals surface area contributed by atoms with Crippen molar-refractivity contribution in [1.29, 1.82) is 0 Å². The second-order valence-corrected chi connectivity index (χ2v) is 8.99. The molecule has 0 spiro atoms. The smallest absolute Gasteiger partial charge is 0.338 e. The Bertz CT molecular complexity index is 1340. The summed E-state index contributed by atoms with van der Waals surface area (Å²) < 4.78 is 17.8. The number of rotatable bonds is 7. The van der Waals surface area contributed by atoms with Crippen LogP contribution in [0, 0.1) is 0 Å². The number of thiazole rings is 1. The molecule has 2 aromatic heterocycles. The number of carbonyl (C=O) groups excluding carboxylic acids is 1. The van der Waals surface area contributed by atoms with E-state index in [1.807, 2.05) is 47.9 Å². The average Bonchev–Trinajstić information content (AvgIpc) is 3.42. The van der Waals surface area contributed by atoms with Gasteiger partial charge in [-0.1, -0.05) is 29.5 Å². The van der Waals surface area contributed by atoms with Gasteiger partial charge in [-0.15, -0.1) is 11.3 Å². The van der Waals surface area contributed by atoms with Crippen LogP contribution in [0.25, 0.3) is 6.08 Å².